The Morgan fingerprint density at radius 2 is 2.29 bits per heavy atom. The number of nitrogens with zero attached hydrogens (tertiary/aromatic N) is 1. The predicted octanol–water partition coefficient (Wildman–Crippen LogP) is 3.93. The third kappa shape index (κ3) is 2.80. The van der Waals surface area contributed by atoms with E-state index < -0.39 is 0 Å². The molecule has 0 radical (unpaired) electrons. The van der Waals surface area contributed by atoms with Crippen molar-refractivity contribution in [2.75, 3.05) is 6.54 Å². The number of benzene rings is 1. The maximum atomic E-state index is 12.8. The number of carbonyl (C=O) groups excluding carboxylic acids is 1. The summed E-state index contributed by atoms with van der Waals surface area (Å²) in [5.74, 6) is 0.00403. The summed E-state index contributed by atoms with van der Waals surface area (Å²) in [6, 6.07) is 7.94. The van der Waals surface area contributed by atoms with Crippen LogP contribution in [0, 0.1) is 0 Å². The van der Waals surface area contributed by atoms with Crippen LogP contribution in [0.15, 0.2) is 24.3 Å². The molecule has 0 bridgehead atoms. The average molecular weight is 324 g/mol. The molecule has 5 heteroatoms. The van der Waals surface area contributed by atoms with E-state index in [1.165, 1.54) is 11.3 Å². The Balaban J connectivity index is 1.91. The number of hydrogen-bond donors (Lipinski definition) is 1. The van der Waals surface area contributed by atoms with Crippen molar-refractivity contribution in [1.82, 2.24) is 4.90 Å². The smallest absolute Gasteiger partial charge is 0.265 e. The highest BCUT2D eigenvalue weighted by molar-refractivity contribution is 7.21. The van der Waals surface area contributed by atoms with Gasteiger partial charge in [0.2, 0.25) is 0 Å². The summed E-state index contributed by atoms with van der Waals surface area (Å²) in [6.07, 6.45) is 2.19. The molecular weight excluding hydrogens is 306 g/mol. The van der Waals surface area contributed by atoms with Gasteiger partial charge < -0.3 is 10.0 Å². The first-order chi connectivity index (χ1) is 10.1. The topological polar surface area (TPSA) is 40.5 Å². The van der Waals surface area contributed by atoms with Gasteiger partial charge in [-0.3, -0.25) is 4.79 Å². The minimum Gasteiger partial charge on any atom is -0.393 e. The third-order valence-corrected chi connectivity index (χ3v) is 5.64. The lowest BCUT2D eigenvalue weighted by molar-refractivity contribution is 0.0687. The molecule has 1 aromatic heterocycles. The summed E-state index contributed by atoms with van der Waals surface area (Å²) in [4.78, 5) is 15.3. The van der Waals surface area contributed by atoms with Crippen molar-refractivity contribution in [3.8, 4) is 0 Å². The molecule has 0 saturated carbocycles. The number of fused-ring (bicyclic) bond motifs is 1. The molecule has 1 aliphatic heterocycles. The van der Waals surface area contributed by atoms with Crippen molar-refractivity contribution >= 4 is 38.9 Å². The molecule has 2 aromatic rings. The second-order valence-corrected chi connectivity index (χ2v) is 7.05. The van der Waals surface area contributed by atoms with Crippen molar-refractivity contribution in [2.24, 2.45) is 0 Å². The third-order valence-electron chi connectivity index (χ3n) is 3.98. The van der Waals surface area contributed by atoms with E-state index >= 15 is 0 Å². The number of likely N-dealkylation sites (tertiary alicyclic amines) is 1. The monoisotopic (exact) mass is 323 g/mol. The molecule has 1 amide bonds. The second kappa shape index (κ2) is 5.95. The molecule has 0 spiro atoms. The van der Waals surface area contributed by atoms with Crippen LogP contribution < -0.4 is 0 Å². The standard InChI is InChI=1S/C16H18ClNO2S/c1-10(19)9-11-5-4-8-18(11)16(20)15-14(17)12-6-2-3-7-13(12)21-15/h2-3,6-7,10-11,19H,4-5,8-9H2,1H3. The van der Waals surface area contributed by atoms with Crippen LogP contribution in [-0.4, -0.2) is 34.6 Å². The Hall–Kier alpha value is -1.10. The van der Waals surface area contributed by atoms with E-state index in [0.717, 1.165) is 29.5 Å². The maximum Gasteiger partial charge on any atom is 0.265 e. The van der Waals surface area contributed by atoms with E-state index in [1.807, 2.05) is 29.2 Å². The largest absolute Gasteiger partial charge is 0.393 e. The number of aliphatic hydroxyl groups is 1. The van der Waals surface area contributed by atoms with Crippen molar-refractivity contribution in [3.63, 3.8) is 0 Å². The zero-order valence-electron chi connectivity index (χ0n) is 11.9. The summed E-state index contributed by atoms with van der Waals surface area (Å²) in [5, 5.41) is 11.1. The van der Waals surface area contributed by atoms with Crippen LogP contribution in [0.2, 0.25) is 5.02 Å². The Bertz CT molecular complexity index is 667. The molecule has 1 fully saturated rings. The van der Waals surface area contributed by atoms with Crippen molar-refractivity contribution in [2.45, 2.75) is 38.3 Å². The number of carbonyl (C=O) groups is 1. The quantitative estimate of drug-likeness (QED) is 0.929. The zero-order chi connectivity index (χ0) is 15.0. The lowest BCUT2D eigenvalue weighted by atomic mass is 10.1. The molecule has 1 N–H and O–H groups in total. The van der Waals surface area contributed by atoms with Crippen LogP contribution in [0.1, 0.15) is 35.9 Å². The fourth-order valence-electron chi connectivity index (χ4n) is 3.02. The number of hydrogen-bond acceptors (Lipinski definition) is 3. The first-order valence-electron chi connectivity index (χ1n) is 7.24. The van der Waals surface area contributed by atoms with Gasteiger partial charge in [-0.15, -0.1) is 11.3 Å². The lowest BCUT2D eigenvalue weighted by Gasteiger charge is -2.25. The first-order valence-corrected chi connectivity index (χ1v) is 8.43. The van der Waals surface area contributed by atoms with Crippen molar-refractivity contribution in [3.05, 3.63) is 34.2 Å². The Labute approximate surface area is 133 Å². The van der Waals surface area contributed by atoms with E-state index in [9.17, 15) is 9.90 Å². The van der Waals surface area contributed by atoms with Crippen LogP contribution in [0.25, 0.3) is 10.1 Å². The summed E-state index contributed by atoms with van der Waals surface area (Å²) in [7, 11) is 0. The maximum absolute atomic E-state index is 12.8. The van der Waals surface area contributed by atoms with Gasteiger partial charge in [0.15, 0.2) is 0 Å². The molecule has 1 aliphatic rings. The SMILES string of the molecule is CC(O)CC1CCCN1C(=O)c1sc2ccccc2c1Cl. The normalized spacial score (nSPS) is 20.1. The Kier molecular flexibility index (Phi) is 4.20. The van der Waals surface area contributed by atoms with E-state index in [2.05, 4.69) is 0 Å². The average Bonchev–Trinajstić information content (AvgIpc) is 3.03. The summed E-state index contributed by atoms with van der Waals surface area (Å²) in [5.41, 5.74) is 0. The number of rotatable bonds is 3. The highest BCUT2D eigenvalue weighted by atomic mass is 35.5. The molecule has 2 atom stereocenters. The number of aliphatic hydroxyl groups excluding tert-OH is 1. The van der Waals surface area contributed by atoms with Crippen LogP contribution in [0.5, 0.6) is 0 Å². The van der Waals surface area contributed by atoms with Crippen LogP contribution in [0.4, 0.5) is 0 Å². The van der Waals surface area contributed by atoms with Gasteiger partial charge in [0.1, 0.15) is 4.88 Å². The first kappa shape index (κ1) is 14.8. The van der Waals surface area contributed by atoms with Gasteiger partial charge in [0, 0.05) is 22.7 Å². The van der Waals surface area contributed by atoms with Gasteiger partial charge in [-0.05, 0) is 32.3 Å². The van der Waals surface area contributed by atoms with Crippen LogP contribution >= 0.6 is 22.9 Å². The minimum absolute atomic E-state index is 0.00403. The van der Waals surface area contributed by atoms with Crippen LogP contribution in [-0.2, 0) is 0 Å². The van der Waals surface area contributed by atoms with Gasteiger partial charge in [-0.25, -0.2) is 0 Å². The molecule has 2 unspecified atom stereocenters. The van der Waals surface area contributed by atoms with Gasteiger partial charge >= 0.3 is 0 Å². The molecule has 3 rings (SSSR count). The second-order valence-electron chi connectivity index (χ2n) is 5.62. The Morgan fingerprint density at radius 1 is 1.52 bits per heavy atom. The van der Waals surface area contributed by atoms with Gasteiger partial charge in [-0.2, -0.15) is 0 Å². The highest BCUT2D eigenvalue weighted by Crippen LogP contribution is 2.37. The van der Waals surface area contributed by atoms with E-state index in [1.54, 1.807) is 6.92 Å². The minimum atomic E-state index is -0.388. The molecular formula is C16H18ClNO2S. The van der Waals surface area contributed by atoms with E-state index in [4.69, 9.17) is 11.6 Å². The highest BCUT2D eigenvalue weighted by Gasteiger charge is 2.32. The number of halogens is 1. The Morgan fingerprint density at radius 3 is 3.00 bits per heavy atom. The number of amides is 1. The van der Waals surface area contributed by atoms with Crippen molar-refractivity contribution < 1.29 is 9.90 Å². The van der Waals surface area contributed by atoms with Gasteiger partial charge in [0.05, 0.1) is 11.1 Å². The fraction of sp³-hybridized carbons (Fsp3) is 0.438. The predicted molar refractivity (Wildman–Crippen MR) is 87.2 cm³/mol. The fourth-order valence-corrected chi connectivity index (χ4v) is 4.49. The van der Waals surface area contributed by atoms with E-state index in [0.29, 0.717) is 16.3 Å². The lowest BCUT2D eigenvalue weighted by Crippen LogP contribution is -2.36. The number of thiophene rings is 1. The molecule has 21 heavy (non-hydrogen) atoms. The molecule has 0 aliphatic carbocycles. The molecule has 1 aromatic carbocycles. The molecule has 2 heterocycles. The summed E-state index contributed by atoms with van der Waals surface area (Å²) in [6.45, 7) is 2.52. The van der Waals surface area contributed by atoms with E-state index in [-0.39, 0.29) is 18.1 Å². The molecule has 112 valence electrons. The summed E-state index contributed by atoms with van der Waals surface area (Å²) >= 11 is 7.85. The molecule has 3 nitrogen and oxygen atoms in total. The summed E-state index contributed by atoms with van der Waals surface area (Å²) < 4.78 is 1.04. The van der Waals surface area contributed by atoms with Gasteiger partial charge in [-0.1, -0.05) is 29.8 Å². The van der Waals surface area contributed by atoms with Crippen molar-refractivity contribution in [1.29, 1.82) is 0 Å². The molecule has 1 saturated heterocycles. The van der Waals surface area contributed by atoms with Gasteiger partial charge in [0.25, 0.3) is 5.91 Å². The van der Waals surface area contributed by atoms with Crippen LogP contribution in [0.3, 0.4) is 0 Å². The zero-order valence-corrected chi connectivity index (χ0v) is 13.5.